The van der Waals surface area contributed by atoms with Gasteiger partial charge in [-0.05, 0) is 146 Å². The van der Waals surface area contributed by atoms with E-state index in [0.717, 1.165) is 145 Å². The highest BCUT2D eigenvalue weighted by Crippen LogP contribution is 2.59. The van der Waals surface area contributed by atoms with E-state index in [1.54, 1.807) is 71.3 Å². The molecule has 0 aromatic heterocycles. The largest absolute Gasteiger partial charge is 0.457 e. The van der Waals surface area contributed by atoms with Gasteiger partial charge in [0, 0.05) is 62.7 Å². The molecule has 13 rings (SSSR count). The molecule has 0 spiro atoms. The van der Waals surface area contributed by atoms with Gasteiger partial charge in [-0.1, -0.05) is 190 Å². The summed E-state index contributed by atoms with van der Waals surface area (Å²) in [6.45, 7) is 8.83. The Hall–Kier alpha value is -8.40. The number of rotatable bonds is 34. The van der Waals surface area contributed by atoms with Gasteiger partial charge >= 0.3 is 0 Å². The van der Waals surface area contributed by atoms with Crippen molar-refractivity contribution in [1.82, 2.24) is 0 Å². The van der Waals surface area contributed by atoms with Gasteiger partial charge in [0.2, 0.25) is 0 Å². The van der Waals surface area contributed by atoms with E-state index in [4.69, 9.17) is 18.9 Å². The van der Waals surface area contributed by atoms with Gasteiger partial charge in [-0.2, -0.15) is 0 Å². The van der Waals surface area contributed by atoms with Gasteiger partial charge in [0.05, 0.1) is 33.6 Å². The van der Waals surface area contributed by atoms with Gasteiger partial charge in [0.15, 0.2) is 0 Å². The minimum atomic E-state index is -0.506. The Morgan fingerprint density at radius 1 is 0.265 bits per heavy atom. The van der Waals surface area contributed by atoms with Gasteiger partial charge < -0.3 is 18.9 Å². The summed E-state index contributed by atoms with van der Waals surface area (Å²) in [4.78, 5) is 72.5. The Bertz CT molecular complexity index is 4110. The summed E-state index contributed by atoms with van der Waals surface area (Å²) in [7, 11) is 0. The lowest BCUT2D eigenvalue weighted by Gasteiger charge is -2.34. The van der Waals surface area contributed by atoms with E-state index in [2.05, 4.69) is 27.7 Å². The topological polar surface area (TPSA) is 112 Å². The number of benzene rings is 11. The van der Waals surface area contributed by atoms with Crippen LogP contribution in [0.1, 0.15) is 172 Å². The van der Waals surface area contributed by atoms with E-state index in [0.29, 0.717) is 77.5 Å². The third-order valence-corrected chi connectivity index (χ3v) is 22.7. The average Bonchev–Trinajstić information content (AvgIpc) is 0.671. The number of amides is 4. The molecule has 0 atom stereocenters. The van der Waals surface area contributed by atoms with E-state index in [9.17, 15) is 0 Å². The number of carbonyl (C=O) groups excluding carboxylic acids is 4. The van der Waals surface area contributed by atoms with Crippen molar-refractivity contribution in [3.8, 4) is 46.0 Å². The molecule has 0 saturated carbocycles. The Balaban J connectivity index is 1.14. The second-order valence-electron chi connectivity index (χ2n) is 25.1. The molecule has 2 aliphatic heterocycles. The number of hydrogen-bond acceptors (Lipinski definition) is 12. The zero-order chi connectivity index (χ0) is 67.5. The summed E-state index contributed by atoms with van der Waals surface area (Å²) in [6.07, 6.45) is 17.2. The van der Waals surface area contributed by atoms with Crippen molar-refractivity contribution in [3.05, 3.63) is 204 Å². The van der Waals surface area contributed by atoms with Crippen LogP contribution in [-0.4, -0.2) is 46.6 Å². The summed E-state index contributed by atoms with van der Waals surface area (Å²) < 4.78 is 29.1. The van der Waals surface area contributed by atoms with E-state index in [1.165, 1.54) is 9.80 Å². The van der Waals surface area contributed by atoms with Crippen molar-refractivity contribution in [2.45, 2.75) is 150 Å². The summed E-state index contributed by atoms with van der Waals surface area (Å²) in [5, 5.41) is 3.56. The van der Waals surface area contributed by atoms with E-state index >= 15 is 19.2 Å². The zero-order valence-corrected chi connectivity index (χ0v) is 59.5. The molecule has 0 N–H and O–H groups in total. The highest BCUT2D eigenvalue weighted by molar-refractivity contribution is 8.00. The lowest BCUT2D eigenvalue weighted by atomic mass is 9.80. The van der Waals surface area contributed by atoms with Crippen molar-refractivity contribution < 1.29 is 38.1 Å². The maximum Gasteiger partial charge on any atom is 0.266 e. The molecule has 0 unspecified atom stereocenters. The maximum absolute atomic E-state index is 16.6. The molecule has 4 amide bonds. The monoisotopic (exact) mass is 1370 g/mol. The normalized spacial score (nSPS) is 12.9. The molecule has 98 heavy (non-hydrogen) atoms. The van der Waals surface area contributed by atoms with Crippen LogP contribution >= 0.6 is 47.0 Å². The number of carbonyl (C=O) groups is 4. The predicted molar refractivity (Wildman–Crippen MR) is 408 cm³/mol. The van der Waals surface area contributed by atoms with Gasteiger partial charge in [-0.15, -0.1) is 47.0 Å². The smallest absolute Gasteiger partial charge is 0.266 e. The number of hydrogen-bond donors (Lipinski definition) is 0. The van der Waals surface area contributed by atoms with Crippen LogP contribution in [0.2, 0.25) is 0 Å². The zero-order valence-electron chi connectivity index (χ0n) is 56.3. The molecular weight excluding hydrogens is 1290 g/mol. The fraction of sp³-hybridized carbons (Fsp3) is 0.286. The third-order valence-electron chi connectivity index (χ3n) is 18.2. The van der Waals surface area contributed by atoms with Crippen LogP contribution < -0.4 is 28.7 Å². The molecule has 0 aliphatic carbocycles. The first-order valence-corrected chi connectivity index (χ1v) is 39.0. The Kier molecular flexibility index (Phi) is 22.3. The van der Waals surface area contributed by atoms with Gasteiger partial charge in [0.25, 0.3) is 23.6 Å². The molecule has 2 heterocycles. The van der Waals surface area contributed by atoms with Gasteiger partial charge in [0.1, 0.15) is 46.0 Å². The van der Waals surface area contributed by atoms with Crippen LogP contribution in [0.15, 0.2) is 202 Å². The second kappa shape index (κ2) is 32.1. The first-order chi connectivity index (χ1) is 48.2. The van der Waals surface area contributed by atoms with Crippen molar-refractivity contribution in [2.75, 3.05) is 32.8 Å². The van der Waals surface area contributed by atoms with Gasteiger partial charge in [-0.3, -0.25) is 19.2 Å². The Morgan fingerprint density at radius 3 is 0.724 bits per heavy atom. The fourth-order valence-corrected chi connectivity index (χ4v) is 17.9. The van der Waals surface area contributed by atoms with E-state index < -0.39 is 23.6 Å². The van der Waals surface area contributed by atoms with Crippen LogP contribution in [0.4, 0.5) is 11.4 Å². The third kappa shape index (κ3) is 14.1. The number of unbranched alkanes of at least 4 members (excludes halogenated alkanes) is 12. The van der Waals surface area contributed by atoms with Gasteiger partial charge in [-0.25, -0.2) is 9.80 Å². The SMILES string of the molecule is CCCCCCSc1cccc(SCCCCCC)c1N1C(=O)c2cc(Oc3ccccc3)c3c4c(Oc5ccccc5)cc5c6c(cc(Oc7ccccc7)c(c7c(Oc8ccccc8)cc(c2c37)C1=O)c64)C(=O)N(c1c(SCCCCCC)cccc1SCCCCCC)C5=O. The van der Waals surface area contributed by atoms with Crippen LogP contribution in [0.3, 0.4) is 0 Å². The quantitative estimate of drug-likeness (QED) is 0.0126. The van der Waals surface area contributed by atoms with Crippen LogP contribution in [0, 0.1) is 0 Å². The van der Waals surface area contributed by atoms with Crippen LogP contribution in [-0.2, 0) is 0 Å². The lowest BCUT2D eigenvalue weighted by molar-refractivity contribution is 0.0876. The number of ether oxygens (including phenoxy) is 4. The number of imide groups is 2. The first-order valence-electron chi connectivity index (χ1n) is 35.0. The van der Waals surface area contributed by atoms with Crippen LogP contribution in [0.25, 0.3) is 43.1 Å². The Morgan fingerprint density at radius 2 is 0.500 bits per heavy atom. The number of para-hydroxylation sites is 6. The fourth-order valence-electron chi connectivity index (χ4n) is 13.5. The second-order valence-corrected chi connectivity index (χ2v) is 29.6. The summed E-state index contributed by atoms with van der Waals surface area (Å²) in [5.74, 6) is 4.20. The predicted octanol–water partition coefficient (Wildman–Crippen LogP) is 25.2. The number of nitrogens with zero attached hydrogens (tertiary/aromatic N) is 2. The standard InChI is InChI=1S/C84H82N2O8S4/c1-5-9-13-29-47-95-67-43-33-44-68(96-48-30-14-10-6-2)79(67)85-81(87)59-51-63(91-55-35-21-17-22-36-55)73-75-65(93-57-39-25-19-26-40-57)53-61-72-62(84(90)86(83(61)89)80-69(97-49-31-15-11-7-3)45-34-46-70(80)98-50-32-16-12-8-4)54-66(94-58-41-27-20-28-42-58)76(78(72)75)74-64(92-56-37-23-18-24-38-56)52-60(82(85)88)71(59)77(73)74/h17-28,33-46,51-54H,5-16,29-32,47-50H2,1-4H3. The molecule has 11 aromatic carbocycles. The Labute approximate surface area is 592 Å². The summed E-state index contributed by atoms with van der Waals surface area (Å²) >= 11 is 6.73. The molecule has 0 radical (unpaired) electrons. The van der Waals surface area contributed by atoms with Crippen molar-refractivity contribution in [2.24, 2.45) is 0 Å². The molecule has 14 heteroatoms. The highest BCUT2D eigenvalue weighted by atomic mass is 32.2. The molecule has 0 saturated heterocycles. The molecule has 0 fully saturated rings. The molecular formula is C84H82N2O8S4. The molecule has 2 aliphatic rings. The molecule has 10 nitrogen and oxygen atoms in total. The maximum atomic E-state index is 16.6. The summed E-state index contributed by atoms with van der Waals surface area (Å²) in [6, 6.07) is 57.1. The lowest BCUT2D eigenvalue weighted by Crippen LogP contribution is -2.41. The van der Waals surface area contributed by atoms with Crippen molar-refractivity contribution >= 4 is 125 Å². The highest BCUT2D eigenvalue weighted by Gasteiger charge is 2.44. The molecule has 0 bridgehead atoms. The van der Waals surface area contributed by atoms with E-state index in [-0.39, 0.29) is 45.3 Å². The molecule has 500 valence electrons. The number of fused-ring (bicyclic) bond motifs is 2. The molecule has 11 aromatic rings. The minimum absolute atomic E-state index is 0.241. The number of thioether (sulfide) groups is 4. The average molecular weight is 1380 g/mol. The van der Waals surface area contributed by atoms with Crippen LogP contribution in [0.5, 0.6) is 46.0 Å². The number of anilines is 2. The van der Waals surface area contributed by atoms with Crippen molar-refractivity contribution in [1.29, 1.82) is 0 Å². The van der Waals surface area contributed by atoms with E-state index in [1.807, 2.05) is 158 Å². The van der Waals surface area contributed by atoms with Crippen molar-refractivity contribution in [3.63, 3.8) is 0 Å². The first kappa shape index (κ1) is 68.1. The minimum Gasteiger partial charge on any atom is -0.457 e. The summed E-state index contributed by atoms with van der Waals surface area (Å²) in [5.41, 5.74) is 2.09.